The number of benzene rings is 1. The van der Waals surface area contributed by atoms with Crippen molar-refractivity contribution in [3.63, 3.8) is 0 Å². The van der Waals surface area contributed by atoms with Crippen LogP contribution in [0.4, 0.5) is 4.79 Å². The molecule has 5 heteroatoms. The molecular weight excluding hydrogens is 246 g/mol. The highest BCUT2D eigenvalue weighted by Crippen LogP contribution is 2.13. The minimum absolute atomic E-state index is 0.0655. The van der Waals surface area contributed by atoms with Crippen LogP contribution in [0.1, 0.15) is 12.0 Å². The summed E-state index contributed by atoms with van der Waals surface area (Å²) < 4.78 is 10.4. The minimum atomic E-state index is -0.342. The summed E-state index contributed by atoms with van der Waals surface area (Å²) in [4.78, 5) is 13.7. The van der Waals surface area contributed by atoms with Crippen LogP contribution in [0.15, 0.2) is 30.3 Å². The van der Waals surface area contributed by atoms with Crippen LogP contribution in [-0.4, -0.2) is 48.5 Å². The van der Waals surface area contributed by atoms with E-state index in [2.05, 4.69) is 0 Å². The number of ether oxygens (including phenoxy) is 2. The quantitative estimate of drug-likeness (QED) is 0.844. The van der Waals surface area contributed by atoms with Gasteiger partial charge in [-0.05, 0) is 12.0 Å². The number of hydrogen-bond acceptors (Lipinski definition) is 4. The maximum absolute atomic E-state index is 12.0. The lowest BCUT2D eigenvalue weighted by molar-refractivity contribution is -0.0618. The lowest BCUT2D eigenvalue weighted by Gasteiger charge is -2.36. The summed E-state index contributed by atoms with van der Waals surface area (Å²) in [7, 11) is 0. The van der Waals surface area contributed by atoms with Crippen molar-refractivity contribution < 1.29 is 19.4 Å². The maximum Gasteiger partial charge on any atom is 0.410 e. The molecule has 5 nitrogen and oxygen atoms in total. The molecule has 0 atom stereocenters. The van der Waals surface area contributed by atoms with Crippen molar-refractivity contribution in [2.24, 2.45) is 0 Å². The molecule has 0 radical (unpaired) electrons. The van der Waals surface area contributed by atoms with Crippen LogP contribution in [0, 0.1) is 0 Å². The molecule has 0 bridgehead atoms. The van der Waals surface area contributed by atoms with Gasteiger partial charge >= 0.3 is 6.09 Å². The zero-order valence-corrected chi connectivity index (χ0v) is 10.8. The lowest BCUT2D eigenvalue weighted by Crippen LogP contribution is -2.52. The van der Waals surface area contributed by atoms with E-state index in [1.165, 1.54) is 0 Å². The van der Waals surface area contributed by atoms with Crippen molar-refractivity contribution in [3.05, 3.63) is 35.9 Å². The standard InChI is InChI=1S/C14H19NO4/c16-8-4-7-15(13-10-18-11-13)14(17)19-9-12-5-2-1-3-6-12/h1-3,5-6,13,16H,4,7-11H2. The Labute approximate surface area is 112 Å². The number of carbonyl (C=O) groups is 1. The molecule has 1 N–H and O–H groups in total. The second-order valence-corrected chi connectivity index (χ2v) is 4.50. The highest BCUT2D eigenvalue weighted by Gasteiger charge is 2.30. The third-order valence-electron chi connectivity index (χ3n) is 3.06. The monoisotopic (exact) mass is 265 g/mol. The molecule has 1 saturated heterocycles. The van der Waals surface area contributed by atoms with E-state index in [0.717, 1.165) is 5.56 Å². The average molecular weight is 265 g/mol. The molecule has 1 aliphatic heterocycles. The van der Waals surface area contributed by atoms with Gasteiger partial charge in [0.1, 0.15) is 6.61 Å². The molecule has 1 aromatic carbocycles. The Balaban J connectivity index is 1.84. The number of nitrogens with zero attached hydrogens (tertiary/aromatic N) is 1. The summed E-state index contributed by atoms with van der Waals surface area (Å²) >= 11 is 0. The summed E-state index contributed by atoms with van der Waals surface area (Å²) in [5.74, 6) is 0. The fourth-order valence-electron chi connectivity index (χ4n) is 1.87. The normalized spacial score (nSPS) is 14.8. The summed E-state index contributed by atoms with van der Waals surface area (Å²) in [6, 6.07) is 9.65. The Bertz CT molecular complexity index is 392. The molecule has 0 unspecified atom stereocenters. The molecule has 1 aliphatic rings. The SMILES string of the molecule is O=C(OCc1ccccc1)N(CCCO)C1COC1. The van der Waals surface area contributed by atoms with Gasteiger partial charge in [0.05, 0.1) is 19.3 Å². The van der Waals surface area contributed by atoms with E-state index in [4.69, 9.17) is 14.6 Å². The maximum atomic E-state index is 12.0. The fraction of sp³-hybridized carbons (Fsp3) is 0.500. The predicted molar refractivity (Wildman–Crippen MR) is 69.6 cm³/mol. The van der Waals surface area contributed by atoms with Crippen LogP contribution in [0.2, 0.25) is 0 Å². The van der Waals surface area contributed by atoms with E-state index in [-0.39, 0.29) is 25.3 Å². The Kier molecular flexibility index (Phi) is 5.18. The molecular formula is C14H19NO4. The predicted octanol–water partition coefficient (Wildman–Crippen LogP) is 1.41. The van der Waals surface area contributed by atoms with Crippen LogP contribution < -0.4 is 0 Å². The van der Waals surface area contributed by atoms with Crippen LogP contribution in [0.25, 0.3) is 0 Å². The molecule has 2 rings (SSSR count). The van der Waals surface area contributed by atoms with E-state index >= 15 is 0 Å². The Morgan fingerprint density at radius 3 is 2.68 bits per heavy atom. The molecule has 0 aromatic heterocycles. The molecule has 19 heavy (non-hydrogen) atoms. The van der Waals surface area contributed by atoms with E-state index in [9.17, 15) is 4.79 Å². The summed E-state index contributed by atoms with van der Waals surface area (Å²) in [5.41, 5.74) is 0.961. The zero-order valence-electron chi connectivity index (χ0n) is 10.8. The van der Waals surface area contributed by atoms with Crippen molar-refractivity contribution in [1.29, 1.82) is 0 Å². The highest BCUT2D eigenvalue weighted by atomic mass is 16.6. The second-order valence-electron chi connectivity index (χ2n) is 4.50. The first-order valence-electron chi connectivity index (χ1n) is 6.47. The molecule has 1 fully saturated rings. The van der Waals surface area contributed by atoms with Crippen molar-refractivity contribution >= 4 is 6.09 Å². The van der Waals surface area contributed by atoms with Gasteiger partial charge in [-0.3, -0.25) is 0 Å². The van der Waals surface area contributed by atoms with Crippen LogP contribution >= 0.6 is 0 Å². The number of aliphatic hydroxyl groups excluding tert-OH is 1. The van der Waals surface area contributed by atoms with Crippen LogP contribution in [0.5, 0.6) is 0 Å². The van der Waals surface area contributed by atoms with E-state index in [1.807, 2.05) is 30.3 Å². The lowest BCUT2D eigenvalue weighted by atomic mass is 10.2. The first-order valence-corrected chi connectivity index (χ1v) is 6.47. The van der Waals surface area contributed by atoms with Gasteiger partial charge in [-0.25, -0.2) is 4.79 Å². The average Bonchev–Trinajstić information content (AvgIpc) is 2.39. The molecule has 1 heterocycles. The van der Waals surface area contributed by atoms with Gasteiger partial charge in [0.2, 0.25) is 0 Å². The molecule has 0 saturated carbocycles. The van der Waals surface area contributed by atoms with E-state index in [0.29, 0.717) is 26.2 Å². The summed E-state index contributed by atoms with van der Waals surface area (Å²) in [5, 5.41) is 8.87. The Morgan fingerprint density at radius 1 is 1.37 bits per heavy atom. The van der Waals surface area contributed by atoms with Gasteiger partial charge in [0.25, 0.3) is 0 Å². The van der Waals surface area contributed by atoms with Crippen molar-refractivity contribution in [2.75, 3.05) is 26.4 Å². The number of amides is 1. The Hall–Kier alpha value is -1.59. The smallest absolute Gasteiger partial charge is 0.410 e. The zero-order chi connectivity index (χ0) is 13.5. The number of carbonyl (C=O) groups excluding carboxylic acids is 1. The highest BCUT2D eigenvalue weighted by molar-refractivity contribution is 5.68. The number of hydrogen-bond donors (Lipinski definition) is 1. The number of aliphatic hydroxyl groups is 1. The molecule has 1 aromatic rings. The second kappa shape index (κ2) is 7.11. The third kappa shape index (κ3) is 3.94. The van der Waals surface area contributed by atoms with Crippen molar-refractivity contribution in [2.45, 2.75) is 19.1 Å². The van der Waals surface area contributed by atoms with Gasteiger partial charge < -0.3 is 19.5 Å². The third-order valence-corrected chi connectivity index (χ3v) is 3.06. The fourth-order valence-corrected chi connectivity index (χ4v) is 1.87. The van der Waals surface area contributed by atoms with Crippen molar-refractivity contribution in [1.82, 2.24) is 4.90 Å². The topological polar surface area (TPSA) is 59.0 Å². The first-order chi connectivity index (χ1) is 9.31. The molecule has 0 aliphatic carbocycles. The van der Waals surface area contributed by atoms with Gasteiger partial charge in [0.15, 0.2) is 0 Å². The van der Waals surface area contributed by atoms with Crippen LogP contribution in [0.3, 0.4) is 0 Å². The van der Waals surface area contributed by atoms with Gasteiger partial charge in [-0.15, -0.1) is 0 Å². The Morgan fingerprint density at radius 2 is 2.11 bits per heavy atom. The van der Waals surface area contributed by atoms with Crippen LogP contribution in [-0.2, 0) is 16.1 Å². The van der Waals surface area contributed by atoms with Gasteiger partial charge in [0, 0.05) is 13.2 Å². The summed E-state index contributed by atoms with van der Waals surface area (Å²) in [6.45, 7) is 1.93. The molecule has 104 valence electrons. The number of rotatable bonds is 6. The van der Waals surface area contributed by atoms with E-state index < -0.39 is 0 Å². The summed E-state index contributed by atoms with van der Waals surface area (Å²) in [6.07, 6.45) is 0.210. The largest absolute Gasteiger partial charge is 0.445 e. The van der Waals surface area contributed by atoms with E-state index in [1.54, 1.807) is 4.90 Å². The first kappa shape index (κ1) is 13.8. The minimum Gasteiger partial charge on any atom is -0.445 e. The van der Waals surface area contributed by atoms with Gasteiger partial charge in [-0.1, -0.05) is 30.3 Å². The molecule has 0 spiro atoms. The van der Waals surface area contributed by atoms with Gasteiger partial charge in [-0.2, -0.15) is 0 Å². The molecule has 1 amide bonds. The van der Waals surface area contributed by atoms with Crippen molar-refractivity contribution in [3.8, 4) is 0 Å².